The first kappa shape index (κ1) is 10.8. The lowest BCUT2D eigenvalue weighted by atomic mass is 10.2. The molecule has 0 saturated carbocycles. The zero-order valence-electron chi connectivity index (χ0n) is 8.19. The number of amides is 1. The van der Waals surface area contributed by atoms with Crippen LogP contribution in [0.4, 0.5) is 10.7 Å². The van der Waals surface area contributed by atoms with E-state index in [0.29, 0.717) is 5.95 Å². The van der Waals surface area contributed by atoms with E-state index >= 15 is 0 Å². The van der Waals surface area contributed by atoms with Gasteiger partial charge in [-0.25, -0.2) is 9.78 Å². The Kier molecular flexibility index (Phi) is 3.12. The van der Waals surface area contributed by atoms with Crippen LogP contribution in [0.5, 0.6) is 0 Å². The molecule has 0 aliphatic rings. The van der Waals surface area contributed by atoms with Crippen LogP contribution in [0.25, 0.3) is 11.0 Å². The van der Waals surface area contributed by atoms with E-state index in [1.54, 1.807) is 0 Å². The van der Waals surface area contributed by atoms with Crippen LogP contribution in [-0.2, 0) is 0 Å². The largest absolute Gasteiger partial charge is 0.465 e. The maximum Gasteiger partial charge on any atom is 0.402 e. The number of nitrogens with zero attached hydrogens (tertiary/aromatic N) is 1. The van der Waals surface area contributed by atoms with Crippen molar-refractivity contribution in [1.29, 1.82) is 0 Å². The number of primary amides is 1. The molecule has 1 aromatic carbocycles. The van der Waals surface area contributed by atoms with E-state index in [2.05, 4.69) is 15.7 Å². The molecule has 1 amide bonds. The lowest BCUT2D eigenvalue weighted by molar-refractivity contribution is 0.205. The molecule has 0 radical (unpaired) electrons. The second-order valence-electron chi connectivity index (χ2n) is 2.93. The number of anilines is 1. The number of nitrogens with one attached hydrogen (secondary N) is 1. The zero-order valence-corrected chi connectivity index (χ0v) is 8.19. The Bertz CT molecular complexity index is 474. The third-order valence-corrected chi connectivity index (χ3v) is 1.73. The van der Waals surface area contributed by atoms with E-state index in [4.69, 9.17) is 15.6 Å². The highest BCUT2D eigenvalue weighted by Gasteiger charge is 1.99. The van der Waals surface area contributed by atoms with E-state index in [9.17, 15) is 0 Å². The fourth-order valence-electron chi connectivity index (χ4n) is 1.19. The van der Waals surface area contributed by atoms with Gasteiger partial charge in [-0.1, -0.05) is 12.1 Å². The van der Waals surface area contributed by atoms with Crippen LogP contribution in [0.15, 0.2) is 18.2 Å². The van der Waals surface area contributed by atoms with Crippen molar-refractivity contribution in [3.8, 4) is 0 Å². The van der Waals surface area contributed by atoms with Crippen molar-refractivity contribution < 1.29 is 9.90 Å². The van der Waals surface area contributed by atoms with Crippen molar-refractivity contribution in [2.24, 2.45) is 5.73 Å². The van der Waals surface area contributed by atoms with Crippen molar-refractivity contribution >= 4 is 23.1 Å². The van der Waals surface area contributed by atoms with E-state index in [-0.39, 0.29) is 0 Å². The van der Waals surface area contributed by atoms with Gasteiger partial charge >= 0.3 is 6.09 Å². The van der Waals surface area contributed by atoms with Crippen molar-refractivity contribution in [2.45, 2.75) is 6.92 Å². The molecule has 6 heteroatoms. The molecule has 80 valence electrons. The molecule has 0 bridgehead atoms. The number of aromatic nitrogens is 2. The third-order valence-electron chi connectivity index (χ3n) is 1.73. The van der Waals surface area contributed by atoms with Gasteiger partial charge in [0, 0.05) is 0 Å². The number of nitrogens with two attached hydrogens (primary N) is 2. The molecule has 2 aromatic rings. The van der Waals surface area contributed by atoms with E-state index in [1.807, 2.05) is 25.1 Å². The fraction of sp³-hybridized carbons (Fsp3) is 0.111. The van der Waals surface area contributed by atoms with Crippen molar-refractivity contribution in [3.05, 3.63) is 23.8 Å². The molecule has 6 nitrogen and oxygen atoms in total. The number of imidazole rings is 1. The second-order valence-corrected chi connectivity index (χ2v) is 2.93. The molecule has 0 unspecified atom stereocenters. The lowest BCUT2D eigenvalue weighted by Gasteiger charge is -1.90. The average Bonchev–Trinajstić information content (AvgIpc) is 2.46. The molecular weight excluding hydrogens is 196 g/mol. The normalized spacial score (nSPS) is 9.40. The molecule has 6 N–H and O–H groups in total. The summed E-state index contributed by atoms with van der Waals surface area (Å²) < 4.78 is 0. The van der Waals surface area contributed by atoms with Crippen LogP contribution in [0.2, 0.25) is 0 Å². The minimum absolute atomic E-state index is 0.481. The summed E-state index contributed by atoms with van der Waals surface area (Å²) in [5.41, 5.74) is 12.6. The van der Waals surface area contributed by atoms with Gasteiger partial charge in [0.25, 0.3) is 0 Å². The molecule has 0 aliphatic carbocycles. The lowest BCUT2D eigenvalue weighted by Crippen LogP contribution is -2.03. The number of benzene rings is 1. The van der Waals surface area contributed by atoms with Gasteiger partial charge in [0.2, 0.25) is 0 Å². The molecule has 0 saturated heterocycles. The number of carbonyl (C=O) groups is 1. The molecular formula is C9H12N4O2. The first-order valence-electron chi connectivity index (χ1n) is 4.20. The van der Waals surface area contributed by atoms with Gasteiger partial charge in [-0.15, -0.1) is 0 Å². The Labute approximate surface area is 85.9 Å². The van der Waals surface area contributed by atoms with Crippen molar-refractivity contribution in [1.82, 2.24) is 9.97 Å². The molecule has 0 atom stereocenters. The van der Waals surface area contributed by atoms with Gasteiger partial charge in [-0.3, -0.25) is 0 Å². The van der Waals surface area contributed by atoms with Gasteiger partial charge in [0.15, 0.2) is 5.95 Å². The van der Waals surface area contributed by atoms with Gasteiger partial charge in [-0.2, -0.15) is 0 Å². The number of carboxylic acid groups (broad SMARTS) is 1. The second kappa shape index (κ2) is 4.32. The summed E-state index contributed by atoms with van der Waals surface area (Å²) >= 11 is 0. The molecule has 1 heterocycles. The highest BCUT2D eigenvalue weighted by molar-refractivity contribution is 5.80. The minimum atomic E-state index is -1.33. The predicted octanol–water partition coefficient (Wildman–Crippen LogP) is 1.08. The topological polar surface area (TPSA) is 118 Å². The Morgan fingerprint density at radius 2 is 2.13 bits per heavy atom. The predicted molar refractivity (Wildman–Crippen MR) is 57.5 cm³/mol. The minimum Gasteiger partial charge on any atom is -0.465 e. The standard InChI is InChI=1S/C8H9N3.CH3NO2/c1-5-3-2-4-6-7(5)11-8(9)10-6;2-1(3)4/h2-4H,1H3,(H3,9,10,11);2H2,(H,3,4). The smallest absolute Gasteiger partial charge is 0.402 e. The number of para-hydroxylation sites is 1. The highest BCUT2D eigenvalue weighted by Crippen LogP contribution is 2.15. The molecule has 1 aromatic heterocycles. The SMILES string of the molecule is Cc1cccc2[nH]c(N)nc12.NC(=O)O. The highest BCUT2D eigenvalue weighted by atomic mass is 16.4. The summed E-state index contributed by atoms with van der Waals surface area (Å²) in [6.45, 7) is 2.02. The summed E-state index contributed by atoms with van der Waals surface area (Å²) in [6, 6.07) is 5.96. The number of hydrogen-bond acceptors (Lipinski definition) is 3. The number of hydrogen-bond donors (Lipinski definition) is 4. The van der Waals surface area contributed by atoms with Crippen LogP contribution in [0, 0.1) is 6.92 Å². The zero-order chi connectivity index (χ0) is 11.4. The van der Waals surface area contributed by atoms with E-state index in [0.717, 1.165) is 16.6 Å². The van der Waals surface area contributed by atoms with Crippen LogP contribution in [0.3, 0.4) is 0 Å². The first-order chi connectivity index (χ1) is 7.00. The van der Waals surface area contributed by atoms with Crippen LogP contribution in [-0.4, -0.2) is 21.2 Å². The van der Waals surface area contributed by atoms with Gasteiger partial charge in [-0.05, 0) is 18.6 Å². The number of rotatable bonds is 0. The summed E-state index contributed by atoms with van der Waals surface area (Å²) in [7, 11) is 0. The monoisotopic (exact) mass is 208 g/mol. The molecule has 15 heavy (non-hydrogen) atoms. The van der Waals surface area contributed by atoms with E-state index in [1.165, 1.54) is 0 Å². The molecule has 0 spiro atoms. The van der Waals surface area contributed by atoms with Crippen molar-refractivity contribution in [3.63, 3.8) is 0 Å². The maximum atomic E-state index is 8.78. The number of nitrogen functional groups attached to an aromatic ring is 1. The molecule has 0 aliphatic heterocycles. The van der Waals surface area contributed by atoms with Gasteiger partial charge in [0.05, 0.1) is 11.0 Å². The number of fused-ring (bicyclic) bond motifs is 1. The van der Waals surface area contributed by atoms with Crippen LogP contribution in [0.1, 0.15) is 5.56 Å². The average molecular weight is 208 g/mol. The summed E-state index contributed by atoms with van der Waals surface area (Å²) in [6.07, 6.45) is -1.33. The first-order valence-corrected chi connectivity index (χ1v) is 4.20. The number of H-pyrrole nitrogens is 1. The Morgan fingerprint density at radius 1 is 1.53 bits per heavy atom. The summed E-state index contributed by atoms with van der Waals surface area (Å²) in [5.74, 6) is 0.481. The maximum absolute atomic E-state index is 8.78. The van der Waals surface area contributed by atoms with Gasteiger partial charge in [0.1, 0.15) is 0 Å². The van der Waals surface area contributed by atoms with Gasteiger partial charge < -0.3 is 21.6 Å². The fourth-order valence-corrected chi connectivity index (χ4v) is 1.19. The van der Waals surface area contributed by atoms with Crippen molar-refractivity contribution in [2.75, 3.05) is 5.73 Å². The Morgan fingerprint density at radius 3 is 2.67 bits per heavy atom. The number of aryl methyl sites for hydroxylation is 1. The van der Waals surface area contributed by atoms with Crippen LogP contribution >= 0.6 is 0 Å². The molecule has 2 rings (SSSR count). The summed E-state index contributed by atoms with van der Waals surface area (Å²) in [5, 5.41) is 7.19. The Hall–Kier alpha value is -2.24. The van der Waals surface area contributed by atoms with E-state index < -0.39 is 6.09 Å². The van der Waals surface area contributed by atoms with Crippen LogP contribution < -0.4 is 11.5 Å². The number of aromatic amines is 1. The third kappa shape index (κ3) is 2.87. The summed E-state index contributed by atoms with van der Waals surface area (Å²) in [4.78, 5) is 15.9. The molecule has 0 fully saturated rings. The Balaban J connectivity index is 0.000000245. The quantitative estimate of drug-likeness (QED) is 0.518.